The Kier molecular flexibility index (Phi) is 7.05. The third-order valence-corrected chi connectivity index (χ3v) is 7.43. The molecule has 0 saturated heterocycles. The van der Waals surface area contributed by atoms with E-state index in [0.717, 1.165) is 21.2 Å². The van der Waals surface area contributed by atoms with E-state index < -0.39 is 21.5 Å². The van der Waals surface area contributed by atoms with Gasteiger partial charge >= 0.3 is 0 Å². The average molecular weight is 496 g/mol. The quantitative estimate of drug-likeness (QED) is 0.474. The van der Waals surface area contributed by atoms with Gasteiger partial charge in [-0.1, -0.05) is 45.5 Å². The average Bonchev–Trinajstić information content (AvgIpc) is 3.07. The largest absolute Gasteiger partial charge is 0.309 e. The van der Waals surface area contributed by atoms with Crippen molar-refractivity contribution in [2.45, 2.75) is 11.3 Å². The van der Waals surface area contributed by atoms with E-state index in [1.165, 1.54) is 28.4 Å². The summed E-state index contributed by atoms with van der Waals surface area (Å²) in [7, 11) is 0.196. The summed E-state index contributed by atoms with van der Waals surface area (Å²) < 4.78 is 27.3. The number of sulfone groups is 1. The summed E-state index contributed by atoms with van der Waals surface area (Å²) in [5, 5.41) is 0.519. The second-order valence-electron chi connectivity index (χ2n) is 6.88. The first-order chi connectivity index (χ1) is 13.8. The van der Waals surface area contributed by atoms with E-state index in [2.05, 4.69) is 20.9 Å². The second-order valence-corrected chi connectivity index (χ2v) is 10.8. The number of nitrogens with zero attached hydrogens (tertiary/aromatic N) is 3. The van der Waals surface area contributed by atoms with Crippen molar-refractivity contribution in [3.8, 4) is 0 Å². The van der Waals surface area contributed by atoms with Crippen LogP contribution in [-0.2, 0) is 14.6 Å². The smallest absolute Gasteiger partial charge is 0.244 e. The van der Waals surface area contributed by atoms with Crippen molar-refractivity contribution >= 4 is 58.4 Å². The molecule has 0 saturated carbocycles. The highest BCUT2D eigenvalue weighted by Gasteiger charge is 2.26. The number of rotatable bonds is 8. The Bertz CT molecular complexity index is 1100. The third-order valence-electron chi connectivity index (χ3n) is 4.27. The number of carbonyl (C=O) groups excluding carboxylic acids is 1. The summed E-state index contributed by atoms with van der Waals surface area (Å²) >= 11 is 4.83. The fourth-order valence-electron chi connectivity index (χ4n) is 2.83. The lowest BCUT2D eigenvalue weighted by Crippen LogP contribution is -2.37. The van der Waals surface area contributed by atoms with E-state index in [1.807, 2.05) is 37.2 Å². The number of aromatic nitrogens is 1. The summed E-state index contributed by atoms with van der Waals surface area (Å²) in [5.74, 6) is -1.05. The van der Waals surface area contributed by atoms with E-state index in [-0.39, 0.29) is 4.90 Å². The van der Waals surface area contributed by atoms with Crippen LogP contribution >= 0.6 is 27.3 Å². The van der Waals surface area contributed by atoms with Gasteiger partial charge in [-0.25, -0.2) is 13.4 Å². The third kappa shape index (κ3) is 5.63. The van der Waals surface area contributed by atoms with Crippen LogP contribution in [0.4, 0.5) is 5.13 Å². The molecule has 3 aromatic rings. The molecular formula is C20H22BrN3O3S2. The number of hydrogen-bond acceptors (Lipinski definition) is 6. The van der Waals surface area contributed by atoms with E-state index >= 15 is 0 Å². The maximum Gasteiger partial charge on any atom is 0.244 e. The molecule has 0 unspecified atom stereocenters. The fraction of sp³-hybridized carbons (Fsp3) is 0.300. The molecule has 9 heteroatoms. The minimum atomic E-state index is -3.72. The summed E-state index contributed by atoms with van der Waals surface area (Å²) in [4.78, 5) is 21.3. The highest BCUT2D eigenvalue weighted by Crippen LogP contribution is 2.31. The van der Waals surface area contributed by atoms with E-state index in [4.69, 9.17) is 0 Å². The molecular weight excluding hydrogens is 474 g/mol. The number of carbonyl (C=O) groups is 1. The van der Waals surface area contributed by atoms with Crippen molar-refractivity contribution in [3.63, 3.8) is 0 Å². The minimum absolute atomic E-state index is 0.148. The maximum absolute atomic E-state index is 13.0. The molecule has 3 rings (SSSR count). The minimum Gasteiger partial charge on any atom is -0.309 e. The van der Waals surface area contributed by atoms with E-state index in [0.29, 0.717) is 18.1 Å². The molecule has 1 amide bonds. The van der Waals surface area contributed by atoms with Crippen LogP contribution in [0.15, 0.2) is 57.9 Å². The van der Waals surface area contributed by atoms with Crippen LogP contribution in [0.1, 0.15) is 6.42 Å². The molecule has 0 aliphatic rings. The Labute approximate surface area is 183 Å². The van der Waals surface area contributed by atoms with Gasteiger partial charge in [0.15, 0.2) is 15.0 Å². The first-order valence-corrected chi connectivity index (χ1v) is 12.3. The predicted molar refractivity (Wildman–Crippen MR) is 121 cm³/mol. The molecule has 1 aromatic heterocycles. The van der Waals surface area contributed by atoms with Gasteiger partial charge in [0.05, 0.1) is 15.1 Å². The first kappa shape index (κ1) is 21.9. The zero-order chi connectivity index (χ0) is 21.0. The monoisotopic (exact) mass is 495 g/mol. The number of amides is 1. The lowest BCUT2D eigenvalue weighted by molar-refractivity contribution is -0.116. The van der Waals surface area contributed by atoms with E-state index in [1.54, 1.807) is 18.2 Å². The topological polar surface area (TPSA) is 70.6 Å². The van der Waals surface area contributed by atoms with Crippen molar-refractivity contribution in [2.75, 3.05) is 37.8 Å². The van der Waals surface area contributed by atoms with Crippen molar-refractivity contribution in [3.05, 3.63) is 53.0 Å². The lowest BCUT2D eigenvalue weighted by atomic mass is 10.3. The SMILES string of the molecule is CN(C)CCCN(C(=O)CS(=O)(=O)c1ccccc1)c1nc2ccc(Br)cc2s1. The molecule has 29 heavy (non-hydrogen) atoms. The van der Waals surface area contributed by atoms with Crippen LogP contribution in [0.5, 0.6) is 0 Å². The molecule has 0 bridgehead atoms. The standard InChI is InChI=1S/C20H22BrN3O3S2/c1-23(2)11-6-12-24(20-22-17-10-9-15(21)13-18(17)28-20)19(25)14-29(26,27)16-7-4-3-5-8-16/h3-5,7-10,13H,6,11-12,14H2,1-2H3. The highest BCUT2D eigenvalue weighted by atomic mass is 79.9. The molecule has 0 atom stereocenters. The Morgan fingerprint density at radius 2 is 1.83 bits per heavy atom. The van der Waals surface area contributed by atoms with Crippen molar-refractivity contribution in [1.82, 2.24) is 9.88 Å². The van der Waals surface area contributed by atoms with Crippen molar-refractivity contribution in [1.29, 1.82) is 0 Å². The Hall–Kier alpha value is -1.81. The molecule has 6 nitrogen and oxygen atoms in total. The molecule has 1 heterocycles. The lowest BCUT2D eigenvalue weighted by Gasteiger charge is -2.21. The Morgan fingerprint density at radius 1 is 1.10 bits per heavy atom. The van der Waals surface area contributed by atoms with Gasteiger partial charge in [0.2, 0.25) is 5.91 Å². The fourth-order valence-corrected chi connectivity index (χ4v) is 5.61. The van der Waals surface area contributed by atoms with Gasteiger partial charge in [0, 0.05) is 11.0 Å². The number of halogens is 1. The molecule has 0 aliphatic heterocycles. The normalized spacial score (nSPS) is 11.9. The van der Waals surface area contributed by atoms with Crippen LogP contribution in [0.2, 0.25) is 0 Å². The number of thiazole rings is 1. The summed E-state index contributed by atoms with van der Waals surface area (Å²) in [6.45, 7) is 1.19. The molecule has 0 spiro atoms. The zero-order valence-corrected chi connectivity index (χ0v) is 19.4. The van der Waals surface area contributed by atoms with Crippen LogP contribution in [-0.4, -0.2) is 57.1 Å². The number of fused-ring (bicyclic) bond motifs is 1. The zero-order valence-electron chi connectivity index (χ0n) is 16.2. The molecule has 0 radical (unpaired) electrons. The summed E-state index contributed by atoms with van der Waals surface area (Å²) in [5.41, 5.74) is 0.782. The Morgan fingerprint density at radius 3 is 2.52 bits per heavy atom. The molecule has 0 fully saturated rings. The van der Waals surface area contributed by atoms with Gasteiger partial charge in [-0.3, -0.25) is 9.69 Å². The van der Waals surface area contributed by atoms with Crippen molar-refractivity contribution in [2.24, 2.45) is 0 Å². The van der Waals surface area contributed by atoms with Gasteiger partial charge in [0.25, 0.3) is 0 Å². The molecule has 154 valence electrons. The summed E-state index contributed by atoms with van der Waals surface area (Å²) in [6.07, 6.45) is 0.712. The van der Waals surface area contributed by atoms with Crippen LogP contribution < -0.4 is 4.90 Å². The Balaban J connectivity index is 1.88. The summed E-state index contributed by atoms with van der Waals surface area (Å²) in [6, 6.07) is 13.8. The second kappa shape index (κ2) is 9.34. The number of hydrogen-bond donors (Lipinski definition) is 0. The van der Waals surface area contributed by atoms with Crippen LogP contribution in [0.3, 0.4) is 0 Å². The van der Waals surface area contributed by atoms with Crippen LogP contribution in [0.25, 0.3) is 10.2 Å². The van der Waals surface area contributed by atoms with Gasteiger partial charge in [-0.2, -0.15) is 0 Å². The van der Waals surface area contributed by atoms with E-state index in [9.17, 15) is 13.2 Å². The van der Waals surface area contributed by atoms with Gasteiger partial charge in [0.1, 0.15) is 5.75 Å². The van der Waals surface area contributed by atoms with Crippen molar-refractivity contribution < 1.29 is 13.2 Å². The maximum atomic E-state index is 13.0. The highest BCUT2D eigenvalue weighted by molar-refractivity contribution is 9.10. The predicted octanol–water partition coefficient (Wildman–Crippen LogP) is 3.82. The van der Waals surface area contributed by atoms with Crippen LogP contribution in [0, 0.1) is 0 Å². The number of benzene rings is 2. The number of anilines is 1. The molecule has 0 aliphatic carbocycles. The van der Waals surface area contributed by atoms with Gasteiger partial charge in [-0.05, 0) is 57.4 Å². The van der Waals surface area contributed by atoms with Gasteiger partial charge < -0.3 is 4.90 Å². The molecule has 2 aromatic carbocycles. The first-order valence-electron chi connectivity index (χ1n) is 9.05. The van der Waals surface area contributed by atoms with Gasteiger partial charge in [-0.15, -0.1) is 0 Å². The molecule has 0 N–H and O–H groups in total.